The van der Waals surface area contributed by atoms with Crippen molar-refractivity contribution in [1.29, 1.82) is 0 Å². The van der Waals surface area contributed by atoms with Gasteiger partial charge in [-0.05, 0) is 24.5 Å². The average molecular weight is 345 g/mol. The highest BCUT2D eigenvalue weighted by Crippen LogP contribution is 2.32. The lowest BCUT2D eigenvalue weighted by molar-refractivity contribution is -0.115. The Balaban J connectivity index is 1.83. The molecule has 2 heterocycles. The van der Waals surface area contributed by atoms with Gasteiger partial charge in [0.15, 0.2) is 5.13 Å². The zero-order chi connectivity index (χ0) is 17.1. The molecule has 0 aliphatic carbocycles. The van der Waals surface area contributed by atoms with Crippen molar-refractivity contribution in [3.63, 3.8) is 0 Å². The van der Waals surface area contributed by atoms with Gasteiger partial charge in [-0.1, -0.05) is 25.1 Å². The van der Waals surface area contributed by atoms with E-state index in [1.54, 1.807) is 11.8 Å². The van der Waals surface area contributed by atoms with Gasteiger partial charge in [-0.2, -0.15) is 0 Å². The number of amides is 1. The first-order chi connectivity index (χ1) is 11.6. The molecule has 1 N–H and O–H groups in total. The van der Waals surface area contributed by atoms with Crippen LogP contribution in [0.25, 0.3) is 0 Å². The number of thiazole rings is 1. The number of aliphatic hydroxyl groups excluding tert-OH is 1. The van der Waals surface area contributed by atoms with E-state index in [-0.39, 0.29) is 12.0 Å². The number of para-hydroxylation sites is 1. The fraction of sp³-hybridized carbons (Fsp3) is 0.444. The molecule has 24 heavy (non-hydrogen) atoms. The number of anilines is 2. The van der Waals surface area contributed by atoms with Crippen molar-refractivity contribution in [2.45, 2.75) is 39.3 Å². The van der Waals surface area contributed by atoms with E-state index < -0.39 is 0 Å². The van der Waals surface area contributed by atoms with E-state index >= 15 is 0 Å². The summed E-state index contributed by atoms with van der Waals surface area (Å²) in [4.78, 5) is 20.8. The molecule has 1 aliphatic rings. The first-order valence-electron chi connectivity index (χ1n) is 8.32. The predicted molar refractivity (Wildman–Crippen MR) is 96.7 cm³/mol. The lowest BCUT2D eigenvalue weighted by atomic mass is 10.1. The summed E-state index contributed by atoms with van der Waals surface area (Å²) in [7, 11) is 0. The van der Waals surface area contributed by atoms with Gasteiger partial charge in [0.25, 0.3) is 0 Å². The van der Waals surface area contributed by atoms with Gasteiger partial charge in [-0.3, -0.25) is 14.6 Å². The molecule has 6 heteroatoms. The molecule has 1 saturated heterocycles. The summed E-state index contributed by atoms with van der Waals surface area (Å²) in [5.41, 5.74) is 2.99. The van der Waals surface area contributed by atoms with E-state index in [1.165, 1.54) is 11.3 Å². The topological polar surface area (TPSA) is 56.7 Å². The summed E-state index contributed by atoms with van der Waals surface area (Å²) in [5.74, 6) is -0.0339. The summed E-state index contributed by atoms with van der Waals surface area (Å²) in [6.07, 6.45) is 1.46. The Labute approximate surface area is 146 Å². The number of hydrogen-bond acceptors (Lipinski definition) is 5. The minimum absolute atomic E-state index is 0.0339. The Kier molecular flexibility index (Phi) is 5.28. The Morgan fingerprint density at radius 2 is 2.25 bits per heavy atom. The second kappa shape index (κ2) is 7.42. The van der Waals surface area contributed by atoms with Crippen LogP contribution in [-0.2, 0) is 17.8 Å². The first kappa shape index (κ1) is 17.1. The van der Waals surface area contributed by atoms with E-state index in [2.05, 4.69) is 16.8 Å². The van der Waals surface area contributed by atoms with Gasteiger partial charge in [-0.15, -0.1) is 11.3 Å². The molecule has 1 unspecified atom stereocenters. The average Bonchev–Trinajstić information content (AvgIpc) is 3.17. The number of nitrogens with zero attached hydrogens (tertiary/aromatic N) is 3. The molecule has 1 atom stereocenters. The van der Waals surface area contributed by atoms with Crippen LogP contribution in [0.5, 0.6) is 0 Å². The summed E-state index contributed by atoms with van der Waals surface area (Å²) < 4.78 is 0. The third-order valence-electron chi connectivity index (χ3n) is 4.29. The van der Waals surface area contributed by atoms with Crippen molar-refractivity contribution in [2.75, 3.05) is 18.0 Å². The Hall–Kier alpha value is -1.76. The lowest BCUT2D eigenvalue weighted by Crippen LogP contribution is -2.24. The van der Waals surface area contributed by atoms with E-state index in [4.69, 9.17) is 0 Å². The van der Waals surface area contributed by atoms with Crippen LogP contribution in [-0.4, -0.2) is 40.1 Å². The van der Waals surface area contributed by atoms with Gasteiger partial charge < -0.3 is 5.11 Å². The molecule has 1 amide bonds. The van der Waals surface area contributed by atoms with Crippen molar-refractivity contribution >= 4 is 28.1 Å². The molecule has 0 bridgehead atoms. The summed E-state index contributed by atoms with van der Waals surface area (Å²) in [6, 6.07) is 7.96. The maximum atomic E-state index is 12.3. The van der Waals surface area contributed by atoms with Crippen LogP contribution in [0, 0.1) is 0 Å². The molecule has 0 saturated carbocycles. The maximum absolute atomic E-state index is 12.3. The monoisotopic (exact) mass is 345 g/mol. The molecular formula is C18H23N3O2S. The summed E-state index contributed by atoms with van der Waals surface area (Å²) in [5, 5.41) is 12.3. The van der Waals surface area contributed by atoms with Gasteiger partial charge in [0, 0.05) is 31.9 Å². The number of aliphatic hydroxyl groups is 1. The number of aromatic nitrogens is 1. The molecule has 3 rings (SSSR count). The minimum Gasteiger partial charge on any atom is -0.392 e. The fourth-order valence-corrected chi connectivity index (χ4v) is 3.96. The number of hydrogen-bond donors (Lipinski definition) is 1. The predicted octanol–water partition coefficient (Wildman–Crippen LogP) is 2.96. The van der Waals surface area contributed by atoms with E-state index in [0.29, 0.717) is 18.2 Å². The number of carbonyl (C=O) groups excluding carboxylic acids is 1. The Bertz CT molecular complexity index is 716. The van der Waals surface area contributed by atoms with Crippen LogP contribution in [0.2, 0.25) is 0 Å². The molecule has 128 valence electrons. The van der Waals surface area contributed by atoms with Crippen molar-refractivity contribution in [1.82, 2.24) is 9.88 Å². The summed E-state index contributed by atoms with van der Waals surface area (Å²) >= 11 is 1.49. The largest absolute Gasteiger partial charge is 0.392 e. The van der Waals surface area contributed by atoms with Crippen LogP contribution < -0.4 is 4.90 Å². The van der Waals surface area contributed by atoms with Crippen molar-refractivity contribution in [3.8, 4) is 0 Å². The minimum atomic E-state index is -0.228. The van der Waals surface area contributed by atoms with E-state index in [1.807, 2.05) is 29.6 Å². The quantitative estimate of drug-likeness (QED) is 0.905. The second-order valence-electron chi connectivity index (χ2n) is 6.14. The normalized spacial score (nSPS) is 18.0. The Morgan fingerprint density at radius 3 is 2.92 bits per heavy atom. The maximum Gasteiger partial charge on any atom is 0.230 e. The van der Waals surface area contributed by atoms with E-state index in [0.717, 1.165) is 36.3 Å². The molecule has 1 fully saturated rings. The van der Waals surface area contributed by atoms with E-state index in [9.17, 15) is 9.90 Å². The number of rotatable bonds is 5. The van der Waals surface area contributed by atoms with Gasteiger partial charge >= 0.3 is 0 Å². The molecule has 1 aliphatic heterocycles. The zero-order valence-electron chi connectivity index (χ0n) is 14.1. The SMILES string of the molecule is CCc1ccccc1N(C(C)=O)c1nc(CN2CCC(O)C2)cs1. The summed E-state index contributed by atoms with van der Waals surface area (Å²) in [6.45, 7) is 5.97. The Morgan fingerprint density at radius 1 is 1.46 bits per heavy atom. The highest BCUT2D eigenvalue weighted by molar-refractivity contribution is 7.14. The molecule has 2 aromatic rings. The van der Waals surface area contributed by atoms with Crippen LogP contribution in [0.3, 0.4) is 0 Å². The fourth-order valence-electron chi connectivity index (χ4n) is 3.09. The van der Waals surface area contributed by atoms with Crippen LogP contribution >= 0.6 is 11.3 Å². The molecule has 0 radical (unpaired) electrons. The van der Waals surface area contributed by atoms with Crippen molar-refractivity contribution in [3.05, 3.63) is 40.9 Å². The van der Waals surface area contributed by atoms with Crippen molar-refractivity contribution in [2.24, 2.45) is 0 Å². The molecule has 1 aromatic carbocycles. The molecule has 0 spiro atoms. The smallest absolute Gasteiger partial charge is 0.230 e. The van der Waals surface area contributed by atoms with Gasteiger partial charge in [0.2, 0.25) is 5.91 Å². The highest BCUT2D eigenvalue weighted by Gasteiger charge is 2.23. The second-order valence-corrected chi connectivity index (χ2v) is 6.97. The number of aryl methyl sites for hydroxylation is 1. The number of benzene rings is 1. The van der Waals surface area contributed by atoms with Gasteiger partial charge in [0.1, 0.15) is 0 Å². The van der Waals surface area contributed by atoms with Crippen LogP contribution in [0.1, 0.15) is 31.5 Å². The molecular weight excluding hydrogens is 322 g/mol. The molecule has 1 aromatic heterocycles. The third kappa shape index (κ3) is 3.66. The first-order valence-corrected chi connectivity index (χ1v) is 9.20. The van der Waals surface area contributed by atoms with Crippen LogP contribution in [0.4, 0.5) is 10.8 Å². The van der Waals surface area contributed by atoms with Crippen LogP contribution in [0.15, 0.2) is 29.6 Å². The van der Waals surface area contributed by atoms with Gasteiger partial charge in [0.05, 0.1) is 17.5 Å². The number of β-amino-alcohol motifs (C(OH)–C–C–N with tert-alkyl or cyclic N) is 1. The third-order valence-corrected chi connectivity index (χ3v) is 5.17. The number of carbonyl (C=O) groups is 1. The zero-order valence-corrected chi connectivity index (χ0v) is 14.9. The highest BCUT2D eigenvalue weighted by atomic mass is 32.1. The lowest BCUT2D eigenvalue weighted by Gasteiger charge is -2.21. The molecule has 5 nitrogen and oxygen atoms in total. The standard InChI is InChI=1S/C18H23N3O2S/c1-3-14-6-4-5-7-17(14)21(13(2)22)18-19-15(12-24-18)10-20-9-8-16(23)11-20/h4-7,12,16,23H,3,8-11H2,1-2H3. The van der Waals surface area contributed by atoms with Gasteiger partial charge in [-0.25, -0.2) is 4.98 Å². The van der Waals surface area contributed by atoms with Crippen molar-refractivity contribution < 1.29 is 9.90 Å². The number of likely N-dealkylation sites (tertiary alicyclic amines) is 1.